The molecule has 1 aliphatic heterocycles. The number of thiophene rings is 1. The van der Waals surface area contributed by atoms with Crippen LogP contribution in [0.3, 0.4) is 0 Å². The Balaban J connectivity index is 1.63. The Bertz CT molecular complexity index is 1330. The van der Waals surface area contributed by atoms with Crippen molar-refractivity contribution in [2.75, 3.05) is 13.3 Å². The summed E-state index contributed by atoms with van der Waals surface area (Å²) in [5.74, 6) is 1.06. The van der Waals surface area contributed by atoms with E-state index in [-0.39, 0.29) is 24.1 Å². The topological polar surface area (TPSA) is 76.2 Å². The Kier molecular flexibility index (Phi) is 7.73. The van der Waals surface area contributed by atoms with Crippen molar-refractivity contribution in [2.45, 2.75) is 58.6 Å². The zero-order chi connectivity index (χ0) is 26.0. The first kappa shape index (κ1) is 26.2. The monoisotopic (exact) mass is 528 g/mol. The van der Waals surface area contributed by atoms with Gasteiger partial charge in [-0.25, -0.2) is 8.42 Å². The molecule has 0 atom stereocenters. The maximum absolute atomic E-state index is 13.8. The van der Waals surface area contributed by atoms with Gasteiger partial charge in [0.15, 0.2) is 11.5 Å². The average molecular weight is 529 g/mol. The van der Waals surface area contributed by atoms with Gasteiger partial charge in [-0.2, -0.15) is 4.31 Å². The van der Waals surface area contributed by atoms with E-state index in [1.54, 1.807) is 43.9 Å². The van der Waals surface area contributed by atoms with E-state index in [1.165, 1.54) is 4.31 Å². The molecule has 4 rings (SSSR count). The Morgan fingerprint density at radius 1 is 1.00 bits per heavy atom. The van der Waals surface area contributed by atoms with Crippen LogP contribution in [0.2, 0.25) is 0 Å². The van der Waals surface area contributed by atoms with E-state index >= 15 is 0 Å². The van der Waals surface area contributed by atoms with Gasteiger partial charge in [0.05, 0.1) is 18.0 Å². The first-order valence-electron chi connectivity index (χ1n) is 11.8. The summed E-state index contributed by atoms with van der Waals surface area (Å²) in [5.41, 5.74) is 3.25. The molecule has 0 spiro atoms. The number of amides is 1. The van der Waals surface area contributed by atoms with Gasteiger partial charge >= 0.3 is 0 Å². The highest BCUT2D eigenvalue weighted by Crippen LogP contribution is 2.33. The van der Waals surface area contributed by atoms with Crippen molar-refractivity contribution in [1.82, 2.24) is 9.21 Å². The molecule has 0 bridgehead atoms. The molecule has 0 radical (unpaired) electrons. The van der Waals surface area contributed by atoms with E-state index in [9.17, 15) is 13.2 Å². The molecule has 192 valence electrons. The highest BCUT2D eigenvalue weighted by Gasteiger charge is 2.33. The minimum absolute atomic E-state index is 0.176. The second kappa shape index (κ2) is 10.6. The van der Waals surface area contributed by atoms with Crippen LogP contribution in [-0.2, 0) is 27.9 Å². The van der Waals surface area contributed by atoms with Gasteiger partial charge in [0, 0.05) is 17.5 Å². The van der Waals surface area contributed by atoms with Gasteiger partial charge in [0.25, 0.3) is 0 Å². The first-order chi connectivity index (χ1) is 17.1. The summed E-state index contributed by atoms with van der Waals surface area (Å²) < 4.78 is 39.8. The average Bonchev–Trinajstić information content (AvgIpc) is 3.47. The Hall–Kier alpha value is -2.88. The van der Waals surface area contributed by atoms with Crippen LogP contribution in [0.15, 0.2) is 52.7 Å². The molecule has 9 heteroatoms. The van der Waals surface area contributed by atoms with Crippen molar-refractivity contribution >= 4 is 27.3 Å². The molecule has 0 aliphatic carbocycles. The van der Waals surface area contributed by atoms with E-state index in [4.69, 9.17) is 9.47 Å². The van der Waals surface area contributed by atoms with Gasteiger partial charge in [-0.3, -0.25) is 4.79 Å². The fraction of sp³-hybridized carbons (Fsp3) is 0.370. The van der Waals surface area contributed by atoms with Crippen LogP contribution in [0.4, 0.5) is 0 Å². The third-order valence-corrected chi connectivity index (χ3v) is 9.32. The van der Waals surface area contributed by atoms with Crippen molar-refractivity contribution in [3.05, 3.63) is 75.0 Å². The molecule has 0 N–H and O–H groups in total. The number of fused-ring (bicyclic) bond motifs is 1. The second-order valence-electron chi connectivity index (χ2n) is 9.39. The van der Waals surface area contributed by atoms with Gasteiger partial charge in [-0.05, 0) is 74.9 Å². The highest BCUT2D eigenvalue weighted by atomic mass is 32.2. The van der Waals surface area contributed by atoms with E-state index in [0.29, 0.717) is 35.7 Å². The lowest BCUT2D eigenvalue weighted by atomic mass is 10.1. The van der Waals surface area contributed by atoms with Crippen LogP contribution < -0.4 is 9.47 Å². The SMILES string of the molecule is Cc1cc(C)c(S(=O)(=O)N(CC(=O)N(Cc2ccc3c(c2)OCO3)Cc2cccs2)C(C)C)c(C)c1. The fourth-order valence-electron chi connectivity index (χ4n) is 4.55. The Labute approximate surface area is 217 Å². The summed E-state index contributed by atoms with van der Waals surface area (Å²) >= 11 is 1.56. The summed E-state index contributed by atoms with van der Waals surface area (Å²) in [7, 11) is -3.90. The number of carbonyl (C=O) groups is 1. The van der Waals surface area contributed by atoms with Crippen molar-refractivity contribution < 1.29 is 22.7 Å². The number of nitrogens with zero attached hydrogens (tertiary/aromatic N) is 2. The molecule has 3 aromatic rings. The van der Waals surface area contributed by atoms with Gasteiger partial charge in [-0.15, -0.1) is 11.3 Å². The van der Waals surface area contributed by atoms with E-state index in [1.807, 2.05) is 54.8 Å². The van der Waals surface area contributed by atoms with Crippen molar-refractivity contribution in [1.29, 1.82) is 0 Å². The van der Waals surface area contributed by atoms with Crippen LogP contribution in [0, 0.1) is 20.8 Å². The van der Waals surface area contributed by atoms with Crippen molar-refractivity contribution in [3.8, 4) is 11.5 Å². The van der Waals surface area contributed by atoms with E-state index in [0.717, 1.165) is 16.0 Å². The Morgan fingerprint density at radius 2 is 1.69 bits per heavy atom. The molecule has 36 heavy (non-hydrogen) atoms. The zero-order valence-corrected chi connectivity index (χ0v) is 22.9. The minimum atomic E-state index is -3.90. The summed E-state index contributed by atoms with van der Waals surface area (Å²) in [6.45, 7) is 9.78. The molecule has 1 aromatic heterocycles. The molecular formula is C27H32N2O5S2. The summed E-state index contributed by atoms with van der Waals surface area (Å²) in [6.07, 6.45) is 0. The van der Waals surface area contributed by atoms with Crippen molar-refractivity contribution in [2.24, 2.45) is 0 Å². The molecule has 2 heterocycles. The molecule has 0 saturated heterocycles. The zero-order valence-electron chi connectivity index (χ0n) is 21.3. The number of aryl methyl sites for hydroxylation is 3. The number of carbonyl (C=O) groups excluding carboxylic acids is 1. The van der Waals surface area contributed by atoms with Crippen LogP contribution in [0.1, 0.15) is 41.0 Å². The van der Waals surface area contributed by atoms with E-state index in [2.05, 4.69) is 0 Å². The maximum atomic E-state index is 13.8. The van der Waals surface area contributed by atoms with Crippen LogP contribution in [0.5, 0.6) is 11.5 Å². The molecule has 7 nitrogen and oxygen atoms in total. The number of rotatable bonds is 9. The predicted octanol–water partition coefficient (Wildman–Crippen LogP) is 5.03. The van der Waals surface area contributed by atoms with Gasteiger partial charge in [-0.1, -0.05) is 29.8 Å². The molecule has 2 aromatic carbocycles. The third-order valence-electron chi connectivity index (χ3n) is 6.13. The van der Waals surface area contributed by atoms with Gasteiger partial charge < -0.3 is 14.4 Å². The lowest BCUT2D eigenvalue weighted by molar-refractivity contribution is -0.132. The molecule has 1 amide bonds. The second-order valence-corrected chi connectivity index (χ2v) is 12.2. The lowest BCUT2D eigenvalue weighted by Gasteiger charge is -2.30. The normalized spacial score (nSPS) is 13.0. The lowest BCUT2D eigenvalue weighted by Crippen LogP contribution is -2.45. The van der Waals surface area contributed by atoms with E-state index < -0.39 is 16.1 Å². The Morgan fingerprint density at radius 3 is 2.33 bits per heavy atom. The maximum Gasteiger partial charge on any atom is 0.244 e. The van der Waals surface area contributed by atoms with Gasteiger partial charge in [0.1, 0.15) is 0 Å². The quantitative estimate of drug-likeness (QED) is 0.389. The largest absolute Gasteiger partial charge is 0.454 e. The molecule has 1 aliphatic rings. The highest BCUT2D eigenvalue weighted by molar-refractivity contribution is 7.89. The standard InChI is InChI=1S/C27H32N2O5S2/c1-18(2)29(36(31,32)27-20(4)11-19(3)12-21(27)5)16-26(30)28(15-23-7-6-10-35-23)14-22-8-9-24-25(13-22)34-17-33-24/h6-13,18H,14-17H2,1-5H3. The summed E-state index contributed by atoms with van der Waals surface area (Å²) in [4.78, 5) is 16.7. The summed E-state index contributed by atoms with van der Waals surface area (Å²) in [6, 6.07) is 12.8. The molecular weight excluding hydrogens is 496 g/mol. The number of benzene rings is 2. The first-order valence-corrected chi connectivity index (χ1v) is 14.2. The fourth-order valence-corrected chi connectivity index (χ4v) is 7.27. The molecule has 0 unspecified atom stereocenters. The number of sulfonamides is 1. The number of hydrogen-bond acceptors (Lipinski definition) is 6. The molecule has 0 fully saturated rings. The van der Waals surface area contributed by atoms with Crippen LogP contribution in [-0.4, -0.2) is 42.9 Å². The smallest absolute Gasteiger partial charge is 0.244 e. The van der Waals surface area contributed by atoms with Crippen LogP contribution >= 0.6 is 11.3 Å². The predicted molar refractivity (Wildman–Crippen MR) is 141 cm³/mol. The van der Waals surface area contributed by atoms with Crippen LogP contribution in [0.25, 0.3) is 0 Å². The molecule has 0 saturated carbocycles. The van der Waals surface area contributed by atoms with Gasteiger partial charge in [0.2, 0.25) is 22.7 Å². The number of ether oxygens (including phenoxy) is 2. The number of hydrogen-bond donors (Lipinski definition) is 0. The van der Waals surface area contributed by atoms with Crippen molar-refractivity contribution in [3.63, 3.8) is 0 Å². The third kappa shape index (κ3) is 5.58. The summed E-state index contributed by atoms with van der Waals surface area (Å²) in [5, 5.41) is 1.96. The minimum Gasteiger partial charge on any atom is -0.454 e.